The van der Waals surface area contributed by atoms with Crippen LogP contribution in [-0.2, 0) is 9.53 Å². The maximum atomic E-state index is 13.0. The Hall–Kier alpha value is -4.87. The lowest BCUT2D eigenvalue weighted by Crippen LogP contribution is -2.41. The minimum Gasteiger partial charge on any atom is -0.480 e. The summed E-state index contributed by atoms with van der Waals surface area (Å²) in [6, 6.07) is 11.2. The summed E-state index contributed by atoms with van der Waals surface area (Å²) >= 11 is 0. The zero-order chi connectivity index (χ0) is 30.4. The van der Waals surface area contributed by atoms with Crippen molar-refractivity contribution in [2.75, 3.05) is 26.7 Å². The number of likely N-dealkylation sites (tertiary alicyclic amines) is 2. The van der Waals surface area contributed by atoms with Gasteiger partial charge in [-0.1, -0.05) is 0 Å². The molecule has 0 bridgehead atoms. The van der Waals surface area contributed by atoms with Gasteiger partial charge in [-0.15, -0.1) is 0 Å². The van der Waals surface area contributed by atoms with E-state index in [1.54, 1.807) is 68.0 Å². The molecule has 2 aliphatic rings. The highest BCUT2D eigenvalue weighted by molar-refractivity contribution is 6.09. The normalized spacial score (nSPS) is 16.6. The second-order valence-electron chi connectivity index (χ2n) is 11.0. The summed E-state index contributed by atoms with van der Waals surface area (Å²) in [5, 5.41) is 12.8. The number of amidine groups is 1. The summed E-state index contributed by atoms with van der Waals surface area (Å²) in [7, 11) is 1.69. The molecule has 3 N–H and O–H groups in total. The minimum atomic E-state index is -0.701. The van der Waals surface area contributed by atoms with Gasteiger partial charge in [0, 0.05) is 56.5 Å². The van der Waals surface area contributed by atoms with Crippen LogP contribution in [0.5, 0.6) is 17.2 Å². The van der Waals surface area contributed by atoms with Gasteiger partial charge in [0.05, 0.1) is 0 Å². The highest BCUT2D eigenvalue weighted by atomic mass is 16.6. The van der Waals surface area contributed by atoms with Crippen molar-refractivity contribution in [1.82, 2.24) is 20.4 Å². The molecular formula is C30H35N5O7. The van der Waals surface area contributed by atoms with Gasteiger partial charge in [0.1, 0.15) is 28.7 Å². The fraction of sp³-hybridized carbons (Fsp3) is 0.367. The van der Waals surface area contributed by atoms with Crippen molar-refractivity contribution in [1.29, 1.82) is 5.41 Å². The van der Waals surface area contributed by atoms with Crippen LogP contribution in [0.25, 0.3) is 0 Å². The van der Waals surface area contributed by atoms with Crippen LogP contribution in [0, 0.1) is 5.41 Å². The summed E-state index contributed by atoms with van der Waals surface area (Å²) in [4.78, 5) is 53.0. The van der Waals surface area contributed by atoms with E-state index in [4.69, 9.17) is 19.6 Å². The molecule has 2 heterocycles. The molecule has 2 aromatic carbocycles. The fourth-order valence-electron chi connectivity index (χ4n) is 4.13. The lowest BCUT2D eigenvalue weighted by molar-refractivity contribution is -0.132. The van der Waals surface area contributed by atoms with Crippen LogP contribution in [0.3, 0.4) is 0 Å². The third-order valence-electron chi connectivity index (χ3n) is 6.38. The highest BCUT2D eigenvalue weighted by Crippen LogP contribution is 2.30. The quantitative estimate of drug-likeness (QED) is 0.320. The SMILES string of the molecule is CN1CC[C@H](Oc2cc(Oc3ccc(C(=O)N4CCC4)cc3)cc(C(=O)NC(=N)/C=C\NC(=O)OC(C)(C)C)c2)C1=O. The first-order valence-electron chi connectivity index (χ1n) is 13.6. The number of amides is 4. The van der Waals surface area contributed by atoms with Crippen LogP contribution in [-0.4, -0.2) is 77.8 Å². The number of hydrogen-bond acceptors (Lipinski definition) is 8. The molecule has 2 saturated heterocycles. The average molecular weight is 578 g/mol. The van der Waals surface area contributed by atoms with E-state index in [-0.39, 0.29) is 34.7 Å². The van der Waals surface area contributed by atoms with Gasteiger partial charge < -0.3 is 29.3 Å². The van der Waals surface area contributed by atoms with Gasteiger partial charge in [0.25, 0.3) is 17.7 Å². The van der Waals surface area contributed by atoms with Crippen molar-refractivity contribution < 1.29 is 33.4 Å². The van der Waals surface area contributed by atoms with Crippen LogP contribution >= 0.6 is 0 Å². The molecule has 0 aromatic heterocycles. The lowest BCUT2D eigenvalue weighted by atomic mass is 10.1. The number of rotatable bonds is 8. The Morgan fingerprint density at radius 3 is 2.26 bits per heavy atom. The first-order chi connectivity index (χ1) is 19.9. The smallest absolute Gasteiger partial charge is 0.411 e. The second kappa shape index (κ2) is 12.8. The van der Waals surface area contributed by atoms with Crippen molar-refractivity contribution in [2.45, 2.75) is 45.3 Å². The molecule has 4 rings (SSSR count). The Kier molecular flexibility index (Phi) is 9.14. The zero-order valence-electron chi connectivity index (χ0n) is 24.1. The molecule has 222 valence electrons. The lowest BCUT2D eigenvalue weighted by Gasteiger charge is -2.30. The molecule has 1 atom stereocenters. The number of hydrogen-bond donors (Lipinski definition) is 3. The van der Waals surface area contributed by atoms with Crippen molar-refractivity contribution in [3.63, 3.8) is 0 Å². The third-order valence-corrected chi connectivity index (χ3v) is 6.38. The number of alkyl carbamates (subject to hydrolysis) is 1. The average Bonchev–Trinajstić information content (AvgIpc) is 3.19. The Balaban J connectivity index is 1.47. The predicted molar refractivity (Wildman–Crippen MR) is 154 cm³/mol. The largest absolute Gasteiger partial charge is 0.480 e. The summed E-state index contributed by atoms with van der Waals surface area (Å²) in [5.41, 5.74) is -0.0153. The van der Waals surface area contributed by atoms with Crippen LogP contribution < -0.4 is 20.1 Å². The van der Waals surface area contributed by atoms with Crippen LogP contribution in [0.4, 0.5) is 4.79 Å². The molecule has 0 radical (unpaired) electrons. The van der Waals surface area contributed by atoms with E-state index in [1.165, 1.54) is 24.4 Å². The van der Waals surface area contributed by atoms with E-state index in [9.17, 15) is 19.2 Å². The van der Waals surface area contributed by atoms with Gasteiger partial charge >= 0.3 is 6.09 Å². The minimum absolute atomic E-state index is 0.0360. The molecule has 2 fully saturated rings. The van der Waals surface area contributed by atoms with E-state index in [0.717, 1.165) is 19.5 Å². The zero-order valence-corrected chi connectivity index (χ0v) is 24.1. The van der Waals surface area contributed by atoms with E-state index >= 15 is 0 Å². The first-order valence-corrected chi connectivity index (χ1v) is 13.6. The number of nitrogens with one attached hydrogen (secondary N) is 3. The van der Waals surface area contributed by atoms with Crippen molar-refractivity contribution in [2.24, 2.45) is 0 Å². The number of ether oxygens (including phenoxy) is 3. The van der Waals surface area contributed by atoms with Gasteiger partial charge in [-0.2, -0.15) is 0 Å². The van der Waals surface area contributed by atoms with Gasteiger partial charge in [-0.3, -0.25) is 25.1 Å². The molecule has 0 unspecified atom stereocenters. The summed E-state index contributed by atoms with van der Waals surface area (Å²) in [5.74, 6) is -0.205. The Morgan fingerprint density at radius 2 is 1.67 bits per heavy atom. The Bertz CT molecular complexity index is 1390. The fourth-order valence-corrected chi connectivity index (χ4v) is 4.13. The van der Waals surface area contributed by atoms with Gasteiger partial charge in [-0.25, -0.2) is 4.79 Å². The maximum Gasteiger partial charge on any atom is 0.411 e. The number of likely N-dealkylation sites (N-methyl/N-ethyl adjacent to an activating group) is 1. The van der Waals surface area contributed by atoms with E-state index in [1.807, 2.05) is 0 Å². The van der Waals surface area contributed by atoms with Crippen molar-refractivity contribution >= 4 is 29.7 Å². The van der Waals surface area contributed by atoms with Crippen molar-refractivity contribution in [3.05, 3.63) is 65.9 Å². The first kappa shape index (κ1) is 30.1. The van der Waals surface area contributed by atoms with E-state index < -0.39 is 23.7 Å². The number of nitrogens with zero attached hydrogens (tertiary/aromatic N) is 2. The Labute approximate surface area is 244 Å². The molecule has 4 amide bonds. The monoisotopic (exact) mass is 577 g/mol. The molecular weight excluding hydrogens is 542 g/mol. The van der Waals surface area contributed by atoms with Crippen LogP contribution in [0.2, 0.25) is 0 Å². The predicted octanol–water partition coefficient (Wildman–Crippen LogP) is 3.68. The summed E-state index contributed by atoms with van der Waals surface area (Å²) in [6.45, 7) is 7.22. The highest BCUT2D eigenvalue weighted by Gasteiger charge is 2.31. The molecule has 0 saturated carbocycles. The van der Waals surface area contributed by atoms with Crippen LogP contribution in [0.15, 0.2) is 54.7 Å². The second-order valence-corrected chi connectivity index (χ2v) is 11.0. The Morgan fingerprint density at radius 1 is 0.976 bits per heavy atom. The van der Waals surface area contributed by atoms with Crippen molar-refractivity contribution in [3.8, 4) is 17.2 Å². The maximum absolute atomic E-state index is 13.0. The van der Waals surface area contributed by atoms with Gasteiger partial charge in [0.15, 0.2) is 6.10 Å². The number of carbonyl (C=O) groups excluding carboxylic acids is 4. The molecule has 0 spiro atoms. The topological polar surface area (TPSA) is 150 Å². The number of carbonyl (C=O) groups is 4. The van der Waals surface area contributed by atoms with Crippen LogP contribution in [0.1, 0.15) is 54.3 Å². The third kappa shape index (κ3) is 8.09. The molecule has 42 heavy (non-hydrogen) atoms. The molecule has 12 heteroatoms. The molecule has 2 aromatic rings. The molecule has 0 aliphatic carbocycles. The van der Waals surface area contributed by atoms with E-state index in [0.29, 0.717) is 24.3 Å². The van der Waals surface area contributed by atoms with E-state index in [2.05, 4.69) is 10.6 Å². The summed E-state index contributed by atoms with van der Waals surface area (Å²) < 4.78 is 17.0. The van der Waals surface area contributed by atoms with Gasteiger partial charge in [0.2, 0.25) is 0 Å². The molecule has 2 aliphatic heterocycles. The van der Waals surface area contributed by atoms with Gasteiger partial charge in [-0.05, 0) is 69.7 Å². The summed E-state index contributed by atoms with van der Waals surface area (Å²) in [6.07, 6.45) is 2.47. The standard InChI is InChI=1S/C30H35N5O7/c1-30(2,3)42-29(39)32-12-10-25(31)33-26(36)20-16-22(18-23(17-20)41-24-11-15-34(4)28(24)38)40-21-8-6-19(7-9-21)27(37)35-13-5-14-35/h6-10,12,16-18,24H,5,11,13-15H2,1-4H3,(H,32,39)(H2,31,33,36)/b12-10-/t24-/m0/s1. The molecule has 12 nitrogen and oxygen atoms in total. The number of benzene rings is 2.